The van der Waals surface area contributed by atoms with Gasteiger partial charge in [-0.15, -0.1) is 0 Å². The van der Waals surface area contributed by atoms with Crippen molar-refractivity contribution in [2.75, 3.05) is 6.61 Å². The van der Waals surface area contributed by atoms with Crippen molar-refractivity contribution < 1.29 is 4.74 Å². The van der Waals surface area contributed by atoms with Crippen molar-refractivity contribution in [3.8, 4) is 0 Å². The van der Waals surface area contributed by atoms with Gasteiger partial charge in [0, 0.05) is 11.1 Å². The Hall–Kier alpha value is -0.380. The highest BCUT2D eigenvalue weighted by Gasteiger charge is 2.23. The van der Waals surface area contributed by atoms with E-state index in [9.17, 15) is 0 Å². The Balaban J connectivity index is 2.13. The van der Waals surface area contributed by atoms with E-state index >= 15 is 0 Å². The summed E-state index contributed by atoms with van der Waals surface area (Å²) in [6.07, 6.45) is 2.41. The summed E-state index contributed by atoms with van der Waals surface area (Å²) >= 11 is 3.44. The number of ether oxygens (including phenoxy) is 1. The van der Waals surface area contributed by atoms with Gasteiger partial charge in [-0.1, -0.05) is 28.1 Å². The van der Waals surface area contributed by atoms with E-state index in [-0.39, 0.29) is 12.1 Å². The lowest BCUT2D eigenvalue weighted by atomic mass is 10.0. The number of nitrogens with two attached hydrogens (primary N) is 1. The van der Waals surface area contributed by atoms with Gasteiger partial charge < -0.3 is 10.5 Å². The van der Waals surface area contributed by atoms with Crippen molar-refractivity contribution in [1.29, 1.82) is 0 Å². The molecule has 0 amide bonds. The third kappa shape index (κ3) is 2.16. The van der Waals surface area contributed by atoms with E-state index in [2.05, 4.69) is 28.1 Å². The summed E-state index contributed by atoms with van der Waals surface area (Å²) in [7, 11) is 0. The summed E-state index contributed by atoms with van der Waals surface area (Å²) in [6, 6.07) is 8.14. The van der Waals surface area contributed by atoms with Gasteiger partial charge in [0.05, 0.1) is 12.1 Å². The number of rotatable bonds is 2. The van der Waals surface area contributed by atoms with Gasteiger partial charge in [0.2, 0.25) is 0 Å². The van der Waals surface area contributed by atoms with Crippen molar-refractivity contribution in [1.82, 2.24) is 0 Å². The van der Waals surface area contributed by atoms with E-state index in [4.69, 9.17) is 10.5 Å². The molecule has 2 atom stereocenters. The van der Waals surface area contributed by atoms with Crippen molar-refractivity contribution in [2.24, 2.45) is 5.73 Å². The first-order chi connectivity index (χ1) is 6.77. The van der Waals surface area contributed by atoms with Crippen molar-refractivity contribution >= 4 is 15.9 Å². The van der Waals surface area contributed by atoms with E-state index < -0.39 is 0 Å². The molecule has 3 heteroatoms. The van der Waals surface area contributed by atoms with Crippen LogP contribution >= 0.6 is 15.9 Å². The van der Waals surface area contributed by atoms with Crippen LogP contribution in [0.15, 0.2) is 28.7 Å². The zero-order valence-electron chi connectivity index (χ0n) is 7.95. The van der Waals surface area contributed by atoms with Crippen LogP contribution in [0.4, 0.5) is 0 Å². The molecule has 2 N–H and O–H groups in total. The molecule has 1 fully saturated rings. The predicted octanol–water partition coefficient (Wildman–Crippen LogP) is 2.63. The van der Waals surface area contributed by atoms with Crippen molar-refractivity contribution in [3.63, 3.8) is 0 Å². The zero-order chi connectivity index (χ0) is 9.97. The maximum atomic E-state index is 6.12. The second-order valence-corrected chi connectivity index (χ2v) is 4.55. The number of halogens is 1. The fourth-order valence-electron chi connectivity index (χ4n) is 1.81. The van der Waals surface area contributed by atoms with Crippen LogP contribution in [0.5, 0.6) is 0 Å². The van der Waals surface area contributed by atoms with Crippen molar-refractivity contribution in [2.45, 2.75) is 25.0 Å². The molecule has 2 rings (SSSR count). The average Bonchev–Trinajstić information content (AvgIpc) is 2.69. The normalized spacial score (nSPS) is 23.7. The summed E-state index contributed by atoms with van der Waals surface area (Å²) in [5.74, 6) is 0. The third-order valence-corrected chi connectivity index (χ3v) is 3.09. The molecule has 14 heavy (non-hydrogen) atoms. The Morgan fingerprint density at radius 1 is 1.50 bits per heavy atom. The molecule has 1 aromatic carbocycles. The monoisotopic (exact) mass is 255 g/mol. The van der Waals surface area contributed by atoms with Crippen LogP contribution in [0.25, 0.3) is 0 Å². The molecule has 0 aliphatic carbocycles. The number of hydrogen-bond donors (Lipinski definition) is 1. The van der Waals surface area contributed by atoms with Crippen LogP contribution < -0.4 is 5.73 Å². The van der Waals surface area contributed by atoms with Crippen LogP contribution in [-0.2, 0) is 4.74 Å². The molecule has 1 aromatic rings. The summed E-state index contributed by atoms with van der Waals surface area (Å²) in [5.41, 5.74) is 7.27. The molecule has 2 nitrogen and oxygen atoms in total. The predicted molar refractivity (Wildman–Crippen MR) is 60.0 cm³/mol. The third-order valence-electron chi connectivity index (χ3n) is 2.60. The number of hydrogen-bond acceptors (Lipinski definition) is 2. The lowest BCUT2D eigenvalue weighted by Crippen LogP contribution is -2.25. The molecule has 76 valence electrons. The Kier molecular flexibility index (Phi) is 3.21. The van der Waals surface area contributed by atoms with Gasteiger partial charge in [-0.25, -0.2) is 0 Å². The van der Waals surface area contributed by atoms with Crippen LogP contribution in [0, 0.1) is 0 Å². The molecule has 2 unspecified atom stereocenters. The number of benzene rings is 1. The minimum Gasteiger partial charge on any atom is -0.376 e. The highest BCUT2D eigenvalue weighted by molar-refractivity contribution is 9.10. The fourth-order valence-corrected chi connectivity index (χ4v) is 2.23. The molecular weight excluding hydrogens is 242 g/mol. The van der Waals surface area contributed by atoms with Gasteiger partial charge in [0.15, 0.2) is 0 Å². The van der Waals surface area contributed by atoms with E-state index in [0.29, 0.717) is 0 Å². The van der Waals surface area contributed by atoms with Gasteiger partial charge in [-0.2, -0.15) is 0 Å². The molecular formula is C11H14BrNO. The highest BCUT2D eigenvalue weighted by atomic mass is 79.9. The molecule has 1 aliphatic rings. The lowest BCUT2D eigenvalue weighted by molar-refractivity contribution is 0.0900. The second kappa shape index (κ2) is 4.43. The Morgan fingerprint density at radius 2 is 2.36 bits per heavy atom. The van der Waals surface area contributed by atoms with E-state index in [0.717, 1.165) is 29.5 Å². The summed E-state index contributed by atoms with van der Waals surface area (Å²) in [5, 5.41) is 0. The van der Waals surface area contributed by atoms with Gasteiger partial charge in [-0.05, 0) is 30.5 Å². The summed E-state index contributed by atoms with van der Waals surface area (Å²) in [4.78, 5) is 0. The van der Waals surface area contributed by atoms with E-state index in [1.807, 2.05) is 12.1 Å². The quantitative estimate of drug-likeness (QED) is 0.882. The lowest BCUT2D eigenvalue weighted by Gasteiger charge is -2.18. The van der Waals surface area contributed by atoms with Gasteiger partial charge in [0.25, 0.3) is 0 Å². The van der Waals surface area contributed by atoms with Crippen LogP contribution in [0.3, 0.4) is 0 Å². The van der Waals surface area contributed by atoms with Gasteiger partial charge in [-0.3, -0.25) is 0 Å². The summed E-state index contributed by atoms with van der Waals surface area (Å²) in [6.45, 7) is 0.854. The minimum atomic E-state index is 0.00926. The SMILES string of the molecule is NC(c1cccc(Br)c1)C1CCCO1. The van der Waals surface area contributed by atoms with Crippen LogP contribution in [0.1, 0.15) is 24.4 Å². The zero-order valence-corrected chi connectivity index (χ0v) is 9.53. The minimum absolute atomic E-state index is 0.00926. The molecule has 0 spiro atoms. The highest BCUT2D eigenvalue weighted by Crippen LogP contribution is 2.26. The standard InChI is InChI=1S/C11H14BrNO/c12-9-4-1-3-8(7-9)11(13)10-5-2-6-14-10/h1,3-4,7,10-11H,2,5-6,13H2. The first-order valence-corrected chi connectivity index (χ1v) is 5.69. The molecule has 0 saturated carbocycles. The molecule has 1 aliphatic heterocycles. The molecule has 1 saturated heterocycles. The Bertz CT molecular complexity index is 310. The Morgan fingerprint density at radius 3 is 3.00 bits per heavy atom. The average molecular weight is 256 g/mol. The fraction of sp³-hybridized carbons (Fsp3) is 0.455. The first kappa shape index (κ1) is 10.1. The molecule has 1 heterocycles. The van der Waals surface area contributed by atoms with Gasteiger partial charge >= 0.3 is 0 Å². The van der Waals surface area contributed by atoms with Crippen molar-refractivity contribution in [3.05, 3.63) is 34.3 Å². The Labute approximate surface area is 92.6 Å². The maximum Gasteiger partial charge on any atom is 0.0768 e. The smallest absolute Gasteiger partial charge is 0.0768 e. The maximum absolute atomic E-state index is 6.12. The summed E-state index contributed by atoms with van der Waals surface area (Å²) < 4.78 is 6.64. The van der Waals surface area contributed by atoms with Crippen LogP contribution in [0.2, 0.25) is 0 Å². The first-order valence-electron chi connectivity index (χ1n) is 4.90. The largest absolute Gasteiger partial charge is 0.376 e. The van der Waals surface area contributed by atoms with E-state index in [1.54, 1.807) is 0 Å². The molecule has 0 radical (unpaired) electrons. The second-order valence-electron chi connectivity index (χ2n) is 3.63. The van der Waals surface area contributed by atoms with E-state index in [1.165, 1.54) is 0 Å². The molecule has 0 aromatic heterocycles. The van der Waals surface area contributed by atoms with Crippen LogP contribution in [-0.4, -0.2) is 12.7 Å². The molecule has 0 bridgehead atoms. The topological polar surface area (TPSA) is 35.2 Å². The van der Waals surface area contributed by atoms with Gasteiger partial charge in [0.1, 0.15) is 0 Å².